The number of rotatable bonds is 3. The Labute approximate surface area is 151 Å². The van der Waals surface area contributed by atoms with E-state index < -0.39 is 10.8 Å². The quantitative estimate of drug-likeness (QED) is 0.541. The number of hydrogen-bond donors (Lipinski definition) is 2. The molecule has 3 N–H and O–H groups in total. The van der Waals surface area contributed by atoms with E-state index in [4.69, 9.17) is 10.5 Å². The Bertz CT molecular complexity index is 1080. The minimum absolute atomic E-state index is 0.0549. The molecular formula is C17H11N5O3S. The third kappa shape index (κ3) is 2.40. The predicted octanol–water partition coefficient (Wildman–Crippen LogP) is 3.26. The van der Waals surface area contributed by atoms with Gasteiger partial charge in [-0.15, -0.1) is 16.4 Å². The number of H-pyrrole nitrogens is 1. The van der Waals surface area contributed by atoms with E-state index in [9.17, 15) is 15.4 Å². The molecule has 0 spiro atoms. The average Bonchev–Trinajstić information content (AvgIpc) is 3.29. The summed E-state index contributed by atoms with van der Waals surface area (Å²) in [7, 11) is 0. The first-order valence-electron chi connectivity index (χ1n) is 7.54. The third-order valence-corrected chi connectivity index (χ3v) is 5.01. The molecule has 3 heterocycles. The van der Waals surface area contributed by atoms with Crippen LogP contribution >= 0.6 is 11.3 Å². The van der Waals surface area contributed by atoms with Crippen molar-refractivity contribution < 1.29 is 9.66 Å². The van der Waals surface area contributed by atoms with Crippen LogP contribution in [-0.2, 0) is 0 Å². The highest BCUT2D eigenvalue weighted by atomic mass is 32.1. The molecule has 4 rings (SSSR count). The fourth-order valence-electron chi connectivity index (χ4n) is 3.00. The number of nitro benzene ring substituents is 1. The lowest BCUT2D eigenvalue weighted by molar-refractivity contribution is -0.384. The van der Waals surface area contributed by atoms with E-state index in [1.165, 1.54) is 23.5 Å². The molecule has 1 aliphatic heterocycles. The number of aromatic amines is 1. The summed E-state index contributed by atoms with van der Waals surface area (Å²) in [5.41, 5.74) is 7.95. The van der Waals surface area contributed by atoms with E-state index in [1.54, 1.807) is 12.1 Å². The van der Waals surface area contributed by atoms with Crippen LogP contribution in [0.5, 0.6) is 5.88 Å². The van der Waals surface area contributed by atoms with Crippen LogP contribution in [0.3, 0.4) is 0 Å². The number of nitro groups is 1. The van der Waals surface area contributed by atoms with Gasteiger partial charge in [0.25, 0.3) is 5.69 Å². The van der Waals surface area contributed by atoms with Crippen molar-refractivity contribution in [3.8, 4) is 22.5 Å². The molecule has 0 radical (unpaired) electrons. The molecule has 0 aliphatic carbocycles. The Morgan fingerprint density at radius 3 is 2.92 bits per heavy atom. The molecule has 3 aromatic rings. The first-order chi connectivity index (χ1) is 12.6. The van der Waals surface area contributed by atoms with Crippen LogP contribution in [0.15, 0.2) is 53.2 Å². The Kier molecular flexibility index (Phi) is 3.67. The Hall–Kier alpha value is -3.64. The van der Waals surface area contributed by atoms with Crippen molar-refractivity contribution in [1.29, 1.82) is 5.26 Å². The number of benzene rings is 1. The van der Waals surface area contributed by atoms with E-state index in [2.05, 4.69) is 16.3 Å². The molecule has 26 heavy (non-hydrogen) atoms. The summed E-state index contributed by atoms with van der Waals surface area (Å²) in [6.07, 6.45) is 0. The lowest BCUT2D eigenvalue weighted by Gasteiger charge is -2.23. The number of non-ortho nitro benzene ring substituents is 1. The van der Waals surface area contributed by atoms with E-state index in [1.807, 2.05) is 17.5 Å². The molecule has 8 nitrogen and oxygen atoms in total. The molecule has 128 valence electrons. The number of aromatic nitrogens is 2. The molecule has 0 saturated carbocycles. The first-order valence-corrected chi connectivity index (χ1v) is 8.42. The standard InChI is InChI=1S/C17H11N5O3S/c18-8-11-13(9-3-1-4-10(7-9)22(23)24)14-15(12-5-2-6-26-12)20-21-17(14)25-16(11)19/h1-7,13H,19H2,(H,20,21). The van der Waals surface area contributed by atoms with Gasteiger partial charge < -0.3 is 10.5 Å². The van der Waals surface area contributed by atoms with Crippen LogP contribution in [-0.4, -0.2) is 15.1 Å². The summed E-state index contributed by atoms with van der Waals surface area (Å²) < 4.78 is 5.51. The number of ether oxygens (including phenoxy) is 1. The molecule has 1 aromatic carbocycles. The van der Waals surface area contributed by atoms with Crippen molar-refractivity contribution in [2.45, 2.75) is 5.92 Å². The highest BCUT2D eigenvalue weighted by Gasteiger charge is 2.36. The Morgan fingerprint density at radius 2 is 2.23 bits per heavy atom. The second-order valence-corrected chi connectivity index (χ2v) is 6.52. The maximum absolute atomic E-state index is 11.2. The maximum Gasteiger partial charge on any atom is 0.269 e. The third-order valence-electron chi connectivity index (χ3n) is 4.12. The van der Waals surface area contributed by atoms with E-state index in [0.717, 1.165) is 4.88 Å². The normalized spacial score (nSPS) is 15.9. The molecular weight excluding hydrogens is 354 g/mol. The van der Waals surface area contributed by atoms with Gasteiger partial charge in [-0.1, -0.05) is 18.2 Å². The maximum atomic E-state index is 11.2. The summed E-state index contributed by atoms with van der Waals surface area (Å²) in [6.45, 7) is 0. The summed E-state index contributed by atoms with van der Waals surface area (Å²) >= 11 is 1.50. The van der Waals surface area contributed by atoms with Crippen molar-refractivity contribution in [2.75, 3.05) is 0 Å². The van der Waals surface area contributed by atoms with Gasteiger partial charge in [0.2, 0.25) is 11.8 Å². The molecule has 2 aromatic heterocycles. The van der Waals surface area contributed by atoms with Gasteiger partial charge in [-0.2, -0.15) is 5.26 Å². The van der Waals surface area contributed by atoms with E-state index in [-0.39, 0.29) is 23.0 Å². The van der Waals surface area contributed by atoms with Crippen molar-refractivity contribution in [3.63, 3.8) is 0 Å². The number of hydrogen-bond acceptors (Lipinski definition) is 7. The van der Waals surface area contributed by atoms with Gasteiger partial charge in [-0.25, -0.2) is 0 Å². The number of fused-ring (bicyclic) bond motifs is 1. The van der Waals surface area contributed by atoms with Crippen molar-refractivity contribution in [1.82, 2.24) is 10.2 Å². The minimum Gasteiger partial charge on any atom is -0.420 e. The van der Waals surface area contributed by atoms with Gasteiger partial charge in [0, 0.05) is 12.1 Å². The van der Waals surface area contributed by atoms with E-state index in [0.29, 0.717) is 16.8 Å². The zero-order valence-corrected chi connectivity index (χ0v) is 14.0. The zero-order valence-electron chi connectivity index (χ0n) is 13.2. The molecule has 0 bridgehead atoms. The lowest BCUT2D eigenvalue weighted by Crippen LogP contribution is -2.21. The van der Waals surface area contributed by atoms with Gasteiger partial charge >= 0.3 is 0 Å². The van der Waals surface area contributed by atoms with Crippen LogP contribution in [0.1, 0.15) is 17.0 Å². The highest BCUT2D eigenvalue weighted by Crippen LogP contribution is 2.46. The smallest absolute Gasteiger partial charge is 0.269 e. The minimum atomic E-state index is -0.612. The molecule has 0 amide bonds. The SMILES string of the molecule is N#CC1=C(N)Oc2n[nH]c(-c3cccs3)c2C1c1cccc([N+](=O)[O-])c1. The van der Waals surface area contributed by atoms with Crippen LogP contribution in [0.4, 0.5) is 5.69 Å². The lowest BCUT2D eigenvalue weighted by atomic mass is 9.83. The van der Waals surface area contributed by atoms with Crippen LogP contribution < -0.4 is 10.5 Å². The number of nitrogens with one attached hydrogen (secondary N) is 1. The van der Waals surface area contributed by atoms with Gasteiger partial charge in [0.15, 0.2) is 0 Å². The van der Waals surface area contributed by atoms with Crippen molar-refractivity contribution >= 4 is 17.0 Å². The van der Waals surface area contributed by atoms with Crippen molar-refractivity contribution in [2.24, 2.45) is 5.73 Å². The number of nitriles is 1. The zero-order chi connectivity index (χ0) is 18.3. The fourth-order valence-corrected chi connectivity index (χ4v) is 3.74. The van der Waals surface area contributed by atoms with Gasteiger partial charge in [0.1, 0.15) is 11.6 Å². The Balaban J connectivity index is 1.96. The topological polar surface area (TPSA) is 131 Å². The number of nitrogens with two attached hydrogens (primary N) is 1. The van der Waals surface area contributed by atoms with Crippen LogP contribution in [0.25, 0.3) is 10.6 Å². The molecule has 1 unspecified atom stereocenters. The van der Waals surface area contributed by atoms with Gasteiger partial charge in [-0.3, -0.25) is 15.2 Å². The molecule has 9 heteroatoms. The summed E-state index contributed by atoms with van der Waals surface area (Å²) in [6, 6.07) is 12.0. The number of allylic oxidation sites excluding steroid dienone is 1. The molecule has 0 fully saturated rings. The van der Waals surface area contributed by atoms with Crippen LogP contribution in [0.2, 0.25) is 0 Å². The highest BCUT2D eigenvalue weighted by molar-refractivity contribution is 7.13. The number of nitrogens with zero attached hydrogens (tertiary/aromatic N) is 3. The summed E-state index contributed by atoms with van der Waals surface area (Å²) in [4.78, 5) is 11.6. The summed E-state index contributed by atoms with van der Waals surface area (Å²) in [5, 5.41) is 29.8. The van der Waals surface area contributed by atoms with Crippen molar-refractivity contribution in [3.05, 3.63) is 74.5 Å². The Morgan fingerprint density at radius 1 is 1.38 bits per heavy atom. The second-order valence-electron chi connectivity index (χ2n) is 5.57. The van der Waals surface area contributed by atoms with Gasteiger partial charge in [-0.05, 0) is 17.0 Å². The fraction of sp³-hybridized carbons (Fsp3) is 0.0588. The molecule has 1 atom stereocenters. The summed E-state index contributed by atoms with van der Waals surface area (Å²) in [5.74, 6) is -0.401. The second kappa shape index (κ2) is 6.02. The molecule has 0 saturated heterocycles. The molecule has 1 aliphatic rings. The van der Waals surface area contributed by atoms with Crippen LogP contribution in [0, 0.1) is 21.4 Å². The largest absolute Gasteiger partial charge is 0.420 e. The van der Waals surface area contributed by atoms with Gasteiger partial charge in [0.05, 0.1) is 27.0 Å². The average molecular weight is 365 g/mol. The monoisotopic (exact) mass is 365 g/mol. The predicted molar refractivity (Wildman–Crippen MR) is 94.3 cm³/mol. The van der Waals surface area contributed by atoms with E-state index >= 15 is 0 Å². The first kappa shape index (κ1) is 15.9. The number of thiophene rings is 1.